The Hall–Kier alpha value is -0.600. The molecule has 0 aliphatic heterocycles. The Bertz CT molecular complexity index is 526. The van der Waals surface area contributed by atoms with Crippen molar-refractivity contribution >= 4 is 31.9 Å². The molecule has 24 heavy (non-hydrogen) atoms. The van der Waals surface area contributed by atoms with E-state index < -0.39 is 0 Å². The largest absolute Gasteiger partial charge is 0.0879 e. The lowest BCUT2D eigenvalue weighted by Gasteiger charge is -2.34. The number of hydrogen-bond donors (Lipinski definition) is 0. The molecule has 0 saturated carbocycles. The standard InChI is InChI=1S/C22H28Br2/c1-2-3-4-5-6-13-18-21(23)22(24,19-14-9-7-10-15-19)20-16-11-8-12-17-20/h7-12,14-17,21H,2-6,13,18H2,1H3. The molecule has 0 amide bonds. The summed E-state index contributed by atoms with van der Waals surface area (Å²) < 4.78 is -0.182. The molecule has 2 aromatic rings. The third-order valence-electron chi connectivity index (χ3n) is 4.63. The summed E-state index contributed by atoms with van der Waals surface area (Å²) in [6, 6.07) is 21.5. The van der Waals surface area contributed by atoms with Crippen molar-refractivity contribution in [2.45, 2.75) is 61.0 Å². The van der Waals surface area contributed by atoms with E-state index in [2.05, 4.69) is 99.4 Å². The molecule has 0 aliphatic rings. The Morgan fingerprint density at radius 3 is 1.71 bits per heavy atom. The molecule has 0 saturated heterocycles. The zero-order valence-electron chi connectivity index (χ0n) is 14.6. The molecule has 0 bridgehead atoms. The van der Waals surface area contributed by atoms with Crippen molar-refractivity contribution in [2.24, 2.45) is 0 Å². The fraction of sp³-hybridized carbons (Fsp3) is 0.455. The maximum Gasteiger partial charge on any atom is 0.0879 e. The van der Waals surface area contributed by atoms with Gasteiger partial charge in [-0.15, -0.1) is 0 Å². The van der Waals surface area contributed by atoms with Crippen LogP contribution in [0.2, 0.25) is 0 Å². The SMILES string of the molecule is CCCCCCCCC(Br)C(Br)(c1ccccc1)c1ccccc1. The first-order chi connectivity index (χ1) is 11.7. The van der Waals surface area contributed by atoms with E-state index in [9.17, 15) is 0 Å². The highest BCUT2D eigenvalue weighted by Gasteiger charge is 2.37. The zero-order valence-corrected chi connectivity index (χ0v) is 17.7. The third kappa shape index (κ3) is 5.20. The van der Waals surface area contributed by atoms with Crippen LogP contribution in [0.5, 0.6) is 0 Å². The fourth-order valence-electron chi connectivity index (χ4n) is 3.19. The van der Waals surface area contributed by atoms with Gasteiger partial charge in [-0.1, -0.05) is 138 Å². The topological polar surface area (TPSA) is 0 Å². The summed E-state index contributed by atoms with van der Waals surface area (Å²) in [5.74, 6) is 0. The minimum Gasteiger partial charge on any atom is -0.0868 e. The van der Waals surface area contributed by atoms with Crippen LogP contribution in [0.1, 0.15) is 63.0 Å². The van der Waals surface area contributed by atoms with Gasteiger partial charge in [0.15, 0.2) is 0 Å². The molecular formula is C22H28Br2. The Kier molecular flexibility index (Phi) is 8.55. The van der Waals surface area contributed by atoms with Crippen molar-refractivity contribution < 1.29 is 0 Å². The number of unbranched alkanes of at least 4 members (excludes halogenated alkanes) is 5. The van der Waals surface area contributed by atoms with Gasteiger partial charge in [-0.2, -0.15) is 0 Å². The van der Waals surface area contributed by atoms with E-state index in [1.165, 1.54) is 56.1 Å². The molecule has 0 aromatic heterocycles. The molecule has 1 unspecified atom stereocenters. The van der Waals surface area contributed by atoms with Crippen LogP contribution in [0, 0.1) is 0 Å². The molecule has 2 aromatic carbocycles. The van der Waals surface area contributed by atoms with Gasteiger partial charge in [-0.05, 0) is 17.5 Å². The van der Waals surface area contributed by atoms with Crippen molar-refractivity contribution in [3.8, 4) is 0 Å². The highest BCUT2D eigenvalue weighted by atomic mass is 79.9. The normalized spacial score (nSPS) is 13.0. The molecule has 1 atom stereocenters. The average molecular weight is 452 g/mol. The summed E-state index contributed by atoms with van der Waals surface area (Å²) in [4.78, 5) is 0.362. The fourth-order valence-corrected chi connectivity index (χ4v) is 4.80. The number of halogens is 2. The second-order valence-corrected chi connectivity index (χ2v) is 8.82. The number of hydrogen-bond acceptors (Lipinski definition) is 0. The van der Waals surface area contributed by atoms with Gasteiger partial charge >= 0.3 is 0 Å². The molecule has 0 radical (unpaired) electrons. The van der Waals surface area contributed by atoms with E-state index in [4.69, 9.17) is 0 Å². The number of benzene rings is 2. The van der Waals surface area contributed by atoms with E-state index in [0.717, 1.165) is 0 Å². The number of rotatable bonds is 10. The lowest BCUT2D eigenvalue weighted by Crippen LogP contribution is -2.31. The van der Waals surface area contributed by atoms with Crippen molar-refractivity contribution in [3.05, 3.63) is 71.8 Å². The molecule has 0 fully saturated rings. The van der Waals surface area contributed by atoms with Gasteiger partial charge in [0.05, 0.1) is 4.32 Å². The first-order valence-corrected chi connectivity index (χ1v) is 10.8. The summed E-state index contributed by atoms with van der Waals surface area (Å²) in [6.45, 7) is 2.27. The molecule has 0 aliphatic carbocycles. The average Bonchev–Trinajstić information content (AvgIpc) is 2.65. The van der Waals surface area contributed by atoms with Crippen LogP contribution < -0.4 is 0 Å². The first-order valence-electron chi connectivity index (χ1n) is 9.13. The number of alkyl halides is 2. The van der Waals surface area contributed by atoms with Gasteiger partial charge < -0.3 is 0 Å². The minimum absolute atomic E-state index is 0.182. The monoisotopic (exact) mass is 450 g/mol. The van der Waals surface area contributed by atoms with Crippen LogP contribution in [-0.2, 0) is 4.32 Å². The van der Waals surface area contributed by atoms with E-state index in [1.807, 2.05) is 0 Å². The smallest absolute Gasteiger partial charge is 0.0868 e. The van der Waals surface area contributed by atoms with E-state index in [0.29, 0.717) is 4.83 Å². The molecular weight excluding hydrogens is 424 g/mol. The second-order valence-electron chi connectivity index (χ2n) is 6.47. The predicted molar refractivity (Wildman–Crippen MR) is 113 cm³/mol. The maximum atomic E-state index is 4.11. The molecule has 0 spiro atoms. The first kappa shape index (κ1) is 19.7. The predicted octanol–water partition coefficient (Wildman–Crippen LogP) is 7.84. The summed E-state index contributed by atoms with van der Waals surface area (Å²) >= 11 is 8.12. The van der Waals surface area contributed by atoms with Crippen molar-refractivity contribution in [2.75, 3.05) is 0 Å². The lowest BCUT2D eigenvalue weighted by molar-refractivity contribution is 0.560. The molecule has 0 N–H and O–H groups in total. The summed E-state index contributed by atoms with van der Waals surface area (Å²) in [7, 11) is 0. The summed E-state index contributed by atoms with van der Waals surface area (Å²) in [5, 5.41) is 0. The highest BCUT2D eigenvalue weighted by molar-refractivity contribution is 9.12. The zero-order chi connectivity index (χ0) is 17.3. The second kappa shape index (κ2) is 10.4. The highest BCUT2D eigenvalue weighted by Crippen LogP contribution is 2.46. The molecule has 130 valence electrons. The van der Waals surface area contributed by atoms with Crippen LogP contribution in [-0.4, -0.2) is 4.83 Å². The third-order valence-corrected chi connectivity index (χ3v) is 7.86. The maximum absolute atomic E-state index is 4.11. The van der Waals surface area contributed by atoms with E-state index in [-0.39, 0.29) is 4.32 Å². The molecule has 2 heteroatoms. The van der Waals surface area contributed by atoms with Gasteiger partial charge in [0.25, 0.3) is 0 Å². The molecule has 2 rings (SSSR count). The van der Waals surface area contributed by atoms with E-state index >= 15 is 0 Å². The van der Waals surface area contributed by atoms with Gasteiger partial charge in [0, 0.05) is 4.83 Å². The van der Waals surface area contributed by atoms with Crippen LogP contribution >= 0.6 is 31.9 Å². The van der Waals surface area contributed by atoms with Gasteiger partial charge in [0.2, 0.25) is 0 Å². The van der Waals surface area contributed by atoms with Gasteiger partial charge in [0.1, 0.15) is 0 Å². The molecule has 0 heterocycles. The van der Waals surface area contributed by atoms with Gasteiger partial charge in [-0.25, -0.2) is 0 Å². The van der Waals surface area contributed by atoms with Crippen LogP contribution in [0.3, 0.4) is 0 Å². The van der Waals surface area contributed by atoms with Crippen LogP contribution in [0.4, 0.5) is 0 Å². The Morgan fingerprint density at radius 1 is 0.750 bits per heavy atom. The summed E-state index contributed by atoms with van der Waals surface area (Å²) in [5.41, 5.74) is 2.62. The van der Waals surface area contributed by atoms with Crippen LogP contribution in [0.15, 0.2) is 60.7 Å². The Balaban J connectivity index is 2.09. The lowest BCUT2D eigenvalue weighted by atomic mass is 9.86. The Labute approximate surface area is 164 Å². The van der Waals surface area contributed by atoms with E-state index in [1.54, 1.807) is 0 Å². The minimum atomic E-state index is -0.182. The van der Waals surface area contributed by atoms with Crippen molar-refractivity contribution in [1.82, 2.24) is 0 Å². The summed E-state index contributed by atoms with van der Waals surface area (Å²) in [6.07, 6.45) is 9.18. The van der Waals surface area contributed by atoms with Crippen molar-refractivity contribution in [1.29, 1.82) is 0 Å². The van der Waals surface area contributed by atoms with Crippen LogP contribution in [0.25, 0.3) is 0 Å². The van der Waals surface area contributed by atoms with Crippen molar-refractivity contribution in [3.63, 3.8) is 0 Å². The molecule has 0 nitrogen and oxygen atoms in total. The Morgan fingerprint density at radius 2 is 1.21 bits per heavy atom. The quantitative estimate of drug-likeness (QED) is 0.255. The van der Waals surface area contributed by atoms with Gasteiger partial charge in [-0.3, -0.25) is 0 Å².